The van der Waals surface area contributed by atoms with Crippen LogP contribution in [0.3, 0.4) is 0 Å². The van der Waals surface area contributed by atoms with E-state index in [0.29, 0.717) is 4.75 Å². The van der Waals surface area contributed by atoms with Gasteiger partial charge in [0.05, 0.1) is 0 Å². The summed E-state index contributed by atoms with van der Waals surface area (Å²) in [6.07, 6.45) is 6.89. The molecular formula is C14H28N2S. The Morgan fingerprint density at radius 2 is 1.82 bits per heavy atom. The van der Waals surface area contributed by atoms with Gasteiger partial charge in [-0.3, -0.25) is 4.90 Å². The van der Waals surface area contributed by atoms with E-state index in [0.717, 1.165) is 12.1 Å². The third kappa shape index (κ3) is 3.87. The van der Waals surface area contributed by atoms with E-state index in [4.69, 9.17) is 0 Å². The summed E-state index contributed by atoms with van der Waals surface area (Å²) in [5, 5.41) is 3.43. The molecular weight excluding hydrogens is 228 g/mol. The topological polar surface area (TPSA) is 15.3 Å². The number of thioether (sulfide) groups is 1. The van der Waals surface area contributed by atoms with Crippen molar-refractivity contribution in [3.05, 3.63) is 0 Å². The minimum atomic E-state index is 0.497. The first-order valence-electron chi connectivity index (χ1n) is 7.16. The van der Waals surface area contributed by atoms with E-state index in [1.165, 1.54) is 50.9 Å². The van der Waals surface area contributed by atoms with E-state index in [9.17, 15) is 0 Å². The average molecular weight is 256 g/mol. The molecule has 1 aliphatic heterocycles. The lowest BCUT2D eigenvalue weighted by Gasteiger charge is -2.36. The smallest absolute Gasteiger partial charge is 0.0116 e. The first-order chi connectivity index (χ1) is 8.11. The van der Waals surface area contributed by atoms with Crippen molar-refractivity contribution >= 4 is 11.8 Å². The van der Waals surface area contributed by atoms with Crippen LogP contribution in [0, 0.1) is 0 Å². The van der Waals surface area contributed by atoms with Gasteiger partial charge in [0.15, 0.2) is 0 Å². The van der Waals surface area contributed by atoms with E-state index in [1.807, 2.05) is 0 Å². The van der Waals surface area contributed by atoms with Crippen LogP contribution in [0.15, 0.2) is 0 Å². The van der Waals surface area contributed by atoms with Crippen molar-refractivity contribution in [1.82, 2.24) is 10.2 Å². The largest absolute Gasteiger partial charge is 0.317 e. The predicted molar refractivity (Wildman–Crippen MR) is 77.8 cm³/mol. The Kier molecular flexibility index (Phi) is 4.79. The van der Waals surface area contributed by atoms with Crippen LogP contribution in [0.4, 0.5) is 0 Å². The van der Waals surface area contributed by atoms with Crippen LogP contribution in [-0.2, 0) is 0 Å². The molecule has 3 heteroatoms. The Hall–Kier alpha value is 0.270. The molecule has 1 aliphatic carbocycles. The number of hydrogen-bond donors (Lipinski definition) is 1. The maximum atomic E-state index is 3.43. The van der Waals surface area contributed by atoms with Gasteiger partial charge >= 0.3 is 0 Å². The summed E-state index contributed by atoms with van der Waals surface area (Å²) in [6, 6.07) is 1.65. The van der Waals surface area contributed by atoms with Gasteiger partial charge in [0.2, 0.25) is 0 Å². The van der Waals surface area contributed by atoms with E-state index in [1.54, 1.807) is 0 Å². The molecule has 17 heavy (non-hydrogen) atoms. The molecule has 2 aliphatic rings. The van der Waals surface area contributed by atoms with Crippen LogP contribution < -0.4 is 5.32 Å². The zero-order valence-electron chi connectivity index (χ0n) is 11.7. The normalized spacial score (nSPS) is 35.5. The molecule has 2 fully saturated rings. The molecule has 0 aromatic carbocycles. The van der Waals surface area contributed by atoms with Crippen LogP contribution in [0.2, 0.25) is 0 Å². The van der Waals surface area contributed by atoms with Crippen molar-refractivity contribution in [1.29, 1.82) is 0 Å². The van der Waals surface area contributed by atoms with Gasteiger partial charge in [0, 0.05) is 29.1 Å². The van der Waals surface area contributed by atoms with Gasteiger partial charge in [0.25, 0.3) is 0 Å². The second-order valence-corrected chi connectivity index (χ2v) is 7.99. The van der Waals surface area contributed by atoms with Crippen LogP contribution in [0.5, 0.6) is 0 Å². The quantitative estimate of drug-likeness (QED) is 0.818. The molecule has 0 spiro atoms. The summed E-state index contributed by atoms with van der Waals surface area (Å²) in [4.78, 5) is 2.77. The van der Waals surface area contributed by atoms with Crippen molar-refractivity contribution in [2.24, 2.45) is 0 Å². The first kappa shape index (κ1) is 13.7. The average Bonchev–Trinajstić information content (AvgIpc) is 2.50. The predicted octanol–water partition coefficient (Wildman–Crippen LogP) is 2.73. The fourth-order valence-electron chi connectivity index (χ4n) is 3.13. The molecule has 0 atom stereocenters. The Bertz CT molecular complexity index is 234. The molecule has 2 rings (SSSR count). The highest BCUT2D eigenvalue weighted by atomic mass is 32.2. The van der Waals surface area contributed by atoms with Crippen molar-refractivity contribution in [3.8, 4) is 0 Å². The minimum Gasteiger partial charge on any atom is -0.317 e. The SMILES string of the molecule is CNC1CCC(N2CCSC(C)(C)CC2)CC1. The molecule has 0 amide bonds. The van der Waals surface area contributed by atoms with Crippen LogP contribution in [0.1, 0.15) is 46.0 Å². The van der Waals surface area contributed by atoms with Gasteiger partial charge in [0.1, 0.15) is 0 Å². The number of nitrogens with zero attached hydrogens (tertiary/aromatic N) is 1. The van der Waals surface area contributed by atoms with Crippen molar-refractivity contribution in [2.75, 3.05) is 25.9 Å². The molecule has 0 unspecified atom stereocenters. The molecule has 0 aromatic rings. The van der Waals surface area contributed by atoms with Crippen LogP contribution >= 0.6 is 11.8 Å². The summed E-state index contributed by atoms with van der Waals surface area (Å²) in [6.45, 7) is 7.43. The third-order valence-corrected chi connectivity index (χ3v) is 5.87. The third-order valence-electron chi connectivity index (χ3n) is 4.49. The van der Waals surface area contributed by atoms with E-state index < -0.39 is 0 Å². The summed E-state index contributed by atoms with van der Waals surface area (Å²) < 4.78 is 0.497. The van der Waals surface area contributed by atoms with Crippen molar-refractivity contribution < 1.29 is 0 Å². The van der Waals surface area contributed by atoms with Gasteiger partial charge in [-0.15, -0.1) is 0 Å². The van der Waals surface area contributed by atoms with Crippen molar-refractivity contribution in [3.63, 3.8) is 0 Å². The second kappa shape index (κ2) is 5.94. The molecule has 1 N–H and O–H groups in total. The zero-order chi connectivity index (χ0) is 12.3. The summed E-state index contributed by atoms with van der Waals surface area (Å²) in [5.41, 5.74) is 0. The monoisotopic (exact) mass is 256 g/mol. The molecule has 0 radical (unpaired) electrons. The Morgan fingerprint density at radius 3 is 2.47 bits per heavy atom. The molecule has 1 saturated carbocycles. The standard InChI is InChI=1S/C14H28N2S/c1-14(2)8-9-16(10-11-17-14)13-6-4-12(15-3)5-7-13/h12-13,15H,4-11H2,1-3H3. The van der Waals surface area contributed by atoms with Crippen LogP contribution in [0.25, 0.3) is 0 Å². The fraction of sp³-hybridized carbons (Fsp3) is 1.00. The number of hydrogen-bond acceptors (Lipinski definition) is 3. The molecule has 100 valence electrons. The molecule has 0 bridgehead atoms. The maximum absolute atomic E-state index is 3.43. The van der Waals surface area contributed by atoms with Gasteiger partial charge < -0.3 is 5.32 Å². The zero-order valence-corrected chi connectivity index (χ0v) is 12.5. The fourth-order valence-corrected chi connectivity index (χ4v) is 4.24. The molecule has 0 aromatic heterocycles. The Balaban J connectivity index is 1.82. The lowest BCUT2D eigenvalue weighted by atomic mass is 9.90. The first-order valence-corrected chi connectivity index (χ1v) is 8.14. The second-order valence-electron chi connectivity index (χ2n) is 6.19. The van der Waals surface area contributed by atoms with Crippen molar-refractivity contribution in [2.45, 2.75) is 62.8 Å². The lowest BCUT2D eigenvalue weighted by molar-refractivity contribution is 0.151. The highest BCUT2D eigenvalue weighted by molar-refractivity contribution is 8.00. The van der Waals surface area contributed by atoms with E-state index >= 15 is 0 Å². The molecule has 1 heterocycles. The number of rotatable bonds is 2. The van der Waals surface area contributed by atoms with E-state index in [-0.39, 0.29) is 0 Å². The van der Waals surface area contributed by atoms with Gasteiger partial charge in [-0.2, -0.15) is 11.8 Å². The van der Waals surface area contributed by atoms with Gasteiger partial charge in [-0.05, 0) is 45.7 Å². The summed E-state index contributed by atoms with van der Waals surface area (Å²) >= 11 is 2.16. The van der Waals surface area contributed by atoms with Crippen LogP contribution in [-0.4, -0.2) is 47.6 Å². The summed E-state index contributed by atoms with van der Waals surface area (Å²) in [7, 11) is 2.11. The lowest BCUT2D eigenvalue weighted by Crippen LogP contribution is -2.42. The minimum absolute atomic E-state index is 0.497. The maximum Gasteiger partial charge on any atom is 0.0116 e. The van der Waals surface area contributed by atoms with Gasteiger partial charge in [-0.1, -0.05) is 13.8 Å². The van der Waals surface area contributed by atoms with Gasteiger partial charge in [-0.25, -0.2) is 0 Å². The Morgan fingerprint density at radius 1 is 1.12 bits per heavy atom. The van der Waals surface area contributed by atoms with E-state index in [2.05, 4.69) is 42.9 Å². The Labute approximate surface area is 111 Å². The highest BCUT2D eigenvalue weighted by Crippen LogP contribution is 2.33. The summed E-state index contributed by atoms with van der Waals surface area (Å²) in [5.74, 6) is 1.32. The number of nitrogens with one attached hydrogen (secondary N) is 1. The highest BCUT2D eigenvalue weighted by Gasteiger charge is 2.29. The molecule has 2 nitrogen and oxygen atoms in total. The molecule has 1 saturated heterocycles.